The van der Waals surface area contributed by atoms with Crippen molar-refractivity contribution in [2.75, 3.05) is 13.2 Å². The Kier molecular flexibility index (Phi) is 13.2. The second-order valence-electron chi connectivity index (χ2n) is 4.99. The Balaban J connectivity index is 3.21. The molecule has 20 heavy (non-hydrogen) atoms. The fourth-order valence-electron chi connectivity index (χ4n) is 1.91. The number of carbonyl (C=O) groups is 2. The third-order valence-electron chi connectivity index (χ3n) is 3.11. The van der Waals surface area contributed by atoms with Crippen LogP contribution in [-0.2, 0) is 14.3 Å². The molecule has 0 fully saturated rings. The molecule has 0 atom stereocenters. The molecule has 116 valence electrons. The molecule has 0 radical (unpaired) electrons. The van der Waals surface area contributed by atoms with E-state index in [0.717, 1.165) is 18.9 Å². The maximum Gasteiger partial charge on any atom is 0.330 e. The average Bonchev–Trinajstić information content (AvgIpc) is 2.46. The van der Waals surface area contributed by atoms with Gasteiger partial charge in [0.2, 0.25) is 0 Å². The molecule has 0 saturated carbocycles. The second-order valence-corrected chi connectivity index (χ2v) is 4.99. The first-order valence-corrected chi connectivity index (χ1v) is 7.76. The van der Waals surface area contributed by atoms with Crippen LogP contribution in [0.15, 0.2) is 12.7 Å². The second kappa shape index (κ2) is 14.1. The summed E-state index contributed by atoms with van der Waals surface area (Å²) in [5.74, 6) is -0.817. The van der Waals surface area contributed by atoms with Crippen molar-refractivity contribution in [3.63, 3.8) is 0 Å². The van der Waals surface area contributed by atoms with Crippen LogP contribution in [0.25, 0.3) is 0 Å². The van der Waals surface area contributed by atoms with E-state index >= 15 is 0 Å². The van der Waals surface area contributed by atoms with Crippen molar-refractivity contribution >= 4 is 11.9 Å². The van der Waals surface area contributed by atoms with Gasteiger partial charge in [0.1, 0.15) is 0 Å². The molecular weight excluding hydrogens is 254 g/mol. The number of unbranched alkanes of at least 4 members (excludes halogenated alkanes) is 8. The van der Waals surface area contributed by atoms with Crippen LogP contribution in [0.5, 0.6) is 0 Å². The van der Waals surface area contributed by atoms with Gasteiger partial charge in [0.25, 0.3) is 5.91 Å². The number of hydrogen-bond acceptors (Lipinski definition) is 3. The molecule has 0 aromatic heterocycles. The van der Waals surface area contributed by atoms with E-state index in [1.54, 1.807) is 0 Å². The van der Waals surface area contributed by atoms with Gasteiger partial charge in [-0.05, 0) is 6.42 Å². The largest absolute Gasteiger partial charge is 0.452 e. The molecule has 4 heteroatoms. The monoisotopic (exact) mass is 283 g/mol. The van der Waals surface area contributed by atoms with Crippen molar-refractivity contribution in [2.45, 2.75) is 64.7 Å². The van der Waals surface area contributed by atoms with Crippen LogP contribution in [0.1, 0.15) is 64.7 Å². The SMILES string of the molecule is C=CC(=O)OCC(=O)NCCCCCCCCCCC. The standard InChI is InChI=1S/C16H29NO3/c1-3-5-6-7-8-9-10-11-12-13-17-15(18)14-20-16(19)4-2/h4H,2-3,5-14H2,1H3,(H,17,18). The summed E-state index contributed by atoms with van der Waals surface area (Å²) in [4.78, 5) is 22.0. The van der Waals surface area contributed by atoms with Crippen molar-refractivity contribution in [2.24, 2.45) is 0 Å². The fraction of sp³-hybridized carbons (Fsp3) is 0.750. The molecule has 0 aliphatic heterocycles. The quantitative estimate of drug-likeness (QED) is 0.320. The summed E-state index contributed by atoms with van der Waals surface area (Å²) >= 11 is 0. The van der Waals surface area contributed by atoms with Crippen LogP contribution in [0.4, 0.5) is 0 Å². The minimum absolute atomic E-state index is 0.220. The van der Waals surface area contributed by atoms with Gasteiger partial charge in [-0.2, -0.15) is 0 Å². The van der Waals surface area contributed by atoms with Crippen LogP contribution in [-0.4, -0.2) is 25.0 Å². The Bertz CT molecular complexity index is 277. The van der Waals surface area contributed by atoms with Gasteiger partial charge < -0.3 is 10.1 Å². The van der Waals surface area contributed by atoms with Gasteiger partial charge in [0.15, 0.2) is 6.61 Å². The maximum absolute atomic E-state index is 11.3. The van der Waals surface area contributed by atoms with Crippen LogP contribution < -0.4 is 5.32 Å². The summed E-state index contributed by atoms with van der Waals surface area (Å²) in [5, 5.41) is 2.73. The topological polar surface area (TPSA) is 55.4 Å². The van der Waals surface area contributed by atoms with E-state index in [2.05, 4.69) is 23.6 Å². The van der Waals surface area contributed by atoms with E-state index in [0.29, 0.717) is 6.54 Å². The molecule has 4 nitrogen and oxygen atoms in total. The van der Waals surface area contributed by atoms with Gasteiger partial charge in [-0.1, -0.05) is 64.9 Å². The zero-order chi connectivity index (χ0) is 15.1. The molecule has 0 unspecified atom stereocenters. The Labute approximate surface area is 123 Å². The van der Waals surface area contributed by atoms with Crippen LogP contribution >= 0.6 is 0 Å². The lowest BCUT2D eigenvalue weighted by Gasteiger charge is -2.05. The summed E-state index contributed by atoms with van der Waals surface area (Å²) in [6, 6.07) is 0. The summed E-state index contributed by atoms with van der Waals surface area (Å²) in [5.41, 5.74) is 0. The van der Waals surface area contributed by atoms with Gasteiger partial charge in [0, 0.05) is 12.6 Å². The molecule has 0 aromatic carbocycles. The lowest BCUT2D eigenvalue weighted by Crippen LogP contribution is -2.29. The number of nitrogens with one attached hydrogen (secondary N) is 1. The van der Waals surface area contributed by atoms with Crippen molar-refractivity contribution in [1.82, 2.24) is 5.32 Å². The number of hydrogen-bond donors (Lipinski definition) is 1. The summed E-state index contributed by atoms with van der Waals surface area (Å²) in [7, 11) is 0. The number of rotatable bonds is 13. The normalized spacial score (nSPS) is 10.1. The molecule has 0 aliphatic rings. The molecule has 0 saturated heterocycles. The Hall–Kier alpha value is -1.32. The zero-order valence-corrected chi connectivity index (χ0v) is 12.8. The highest BCUT2D eigenvalue weighted by molar-refractivity contribution is 5.85. The Morgan fingerprint density at radius 3 is 2.10 bits per heavy atom. The minimum atomic E-state index is -0.566. The van der Waals surface area contributed by atoms with E-state index in [4.69, 9.17) is 0 Å². The molecular formula is C16H29NO3. The number of carbonyl (C=O) groups excluding carboxylic acids is 2. The van der Waals surface area contributed by atoms with Crippen molar-refractivity contribution < 1.29 is 14.3 Å². The molecule has 0 spiro atoms. The maximum atomic E-state index is 11.3. The molecule has 0 rings (SSSR count). The average molecular weight is 283 g/mol. The lowest BCUT2D eigenvalue weighted by molar-refractivity contribution is -0.143. The van der Waals surface area contributed by atoms with Gasteiger partial charge >= 0.3 is 5.97 Å². The molecule has 0 bridgehead atoms. The zero-order valence-electron chi connectivity index (χ0n) is 12.8. The van der Waals surface area contributed by atoms with Crippen LogP contribution in [0, 0.1) is 0 Å². The van der Waals surface area contributed by atoms with E-state index in [1.165, 1.54) is 44.9 Å². The minimum Gasteiger partial charge on any atom is -0.452 e. The number of esters is 1. The van der Waals surface area contributed by atoms with E-state index < -0.39 is 5.97 Å². The molecule has 0 heterocycles. The van der Waals surface area contributed by atoms with E-state index in [-0.39, 0.29) is 12.5 Å². The van der Waals surface area contributed by atoms with Gasteiger partial charge in [-0.15, -0.1) is 0 Å². The summed E-state index contributed by atoms with van der Waals surface area (Å²) in [6.45, 7) is 5.92. The van der Waals surface area contributed by atoms with Crippen molar-refractivity contribution in [1.29, 1.82) is 0 Å². The smallest absolute Gasteiger partial charge is 0.330 e. The lowest BCUT2D eigenvalue weighted by atomic mass is 10.1. The van der Waals surface area contributed by atoms with Gasteiger partial charge in [0.05, 0.1) is 0 Å². The first-order valence-electron chi connectivity index (χ1n) is 7.76. The van der Waals surface area contributed by atoms with Crippen molar-refractivity contribution in [3.8, 4) is 0 Å². The Morgan fingerprint density at radius 1 is 1.00 bits per heavy atom. The molecule has 0 aliphatic carbocycles. The van der Waals surface area contributed by atoms with Gasteiger partial charge in [-0.25, -0.2) is 4.79 Å². The first kappa shape index (κ1) is 18.7. The van der Waals surface area contributed by atoms with E-state index in [9.17, 15) is 9.59 Å². The van der Waals surface area contributed by atoms with Crippen LogP contribution in [0.3, 0.4) is 0 Å². The summed E-state index contributed by atoms with van der Waals surface area (Å²) in [6.07, 6.45) is 12.4. The molecule has 1 amide bonds. The predicted molar refractivity (Wildman–Crippen MR) is 81.4 cm³/mol. The molecule has 0 aromatic rings. The number of amides is 1. The van der Waals surface area contributed by atoms with Crippen LogP contribution in [0.2, 0.25) is 0 Å². The van der Waals surface area contributed by atoms with Crippen molar-refractivity contribution in [3.05, 3.63) is 12.7 Å². The third-order valence-corrected chi connectivity index (χ3v) is 3.11. The third kappa shape index (κ3) is 13.1. The highest BCUT2D eigenvalue weighted by Gasteiger charge is 2.03. The predicted octanol–water partition coefficient (Wildman–Crippen LogP) is 3.36. The highest BCUT2D eigenvalue weighted by Crippen LogP contribution is 2.09. The highest BCUT2D eigenvalue weighted by atomic mass is 16.5. The molecule has 1 N–H and O–H groups in total. The van der Waals surface area contributed by atoms with E-state index in [1.807, 2.05) is 0 Å². The fourth-order valence-corrected chi connectivity index (χ4v) is 1.91. The first-order chi connectivity index (χ1) is 9.70. The number of ether oxygens (including phenoxy) is 1. The summed E-state index contributed by atoms with van der Waals surface area (Å²) < 4.78 is 4.63. The Morgan fingerprint density at radius 2 is 1.55 bits per heavy atom. The van der Waals surface area contributed by atoms with Gasteiger partial charge in [-0.3, -0.25) is 4.79 Å².